The summed E-state index contributed by atoms with van der Waals surface area (Å²) in [6.45, 7) is 4.33. The van der Waals surface area contributed by atoms with E-state index in [0.717, 1.165) is 19.3 Å². The van der Waals surface area contributed by atoms with Crippen molar-refractivity contribution in [3.05, 3.63) is 41.5 Å². The zero-order valence-electron chi connectivity index (χ0n) is 12.4. The molecule has 20 heavy (non-hydrogen) atoms. The molecule has 1 aliphatic carbocycles. The first-order chi connectivity index (χ1) is 9.61. The summed E-state index contributed by atoms with van der Waals surface area (Å²) in [4.78, 5) is 11.8. The fourth-order valence-electron chi connectivity index (χ4n) is 2.95. The van der Waals surface area contributed by atoms with Gasteiger partial charge in [0, 0.05) is 12.8 Å². The topological polar surface area (TPSA) is 17.1 Å². The van der Waals surface area contributed by atoms with Gasteiger partial charge in [0.05, 0.1) is 0 Å². The molecule has 2 rings (SSSR count). The molecule has 0 aliphatic heterocycles. The van der Waals surface area contributed by atoms with Crippen LogP contribution < -0.4 is 0 Å². The third-order valence-corrected chi connectivity index (χ3v) is 4.23. The van der Waals surface area contributed by atoms with Crippen LogP contribution in [0.1, 0.15) is 43.7 Å². The standard InChI is InChI=1S/C19H22O/c1-4-5-6-15(3)18-12-11-17(20)13-19(18)16-9-7-14(2)8-10-16/h1,7-10,13,15,18H,5-6,11-12H2,2-3H3. The van der Waals surface area contributed by atoms with E-state index in [-0.39, 0.29) is 5.78 Å². The Bertz CT molecular complexity index is 542. The molecule has 0 aromatic heterocycles. The molecule has 2 unspecified atom stereocenters. The van der Waals surface area contributed by atoms with Crippen molar-refractivity contribution in [2.45, 2.75) is 39.5 Å². The minimum atomic E-state index is 0.251. The number of carbonyl (C=O) groups is 1. The highest BCUT2D eigenvalue weighted by Crippen LogP contribution is 2.38. The monoisotopic (exact) mass is 266 g/mol. The van der Waals surface area contributed by atoms with Gasteiger partial charge in [-0.25, -0.2) is 0 Å². The third-order valence-electron chi connectivity index (χ3n) is 4.23. The number of rotatable bonds is 4. The predicted octanol–water partition coefficient (Wildman–Crippen LogP) is 4.41. The highest BCUT2D eigenvalue weighted by Gasteiger charge is 2.26. The fraction of sp³-hybridized carbons (Fsp3) is 0.421. The minimum absolute atomic E-state index is 0.251. The van der Waals surface area contributed by atoms with E-state index >= 15 is 0 Å². The van der Waals surface area contributed by atoms with Gasteiger partial charge in [-0.15, -0.1) is 12.3 Å². The second-order valence-electron chi connectivity index (χ2n) is 5.80. The normalized spacial score (nSPS) is 20.1. The summed E-state index contributed by atoms with van der Waals surface area (Å²) in [5.74, 6) is 3.94. The lowest BCUT2D eigenvalue weighted by Gasteiger charge is -2.29. The van der Waals surface area contributed by atoms with Crippen molar-refractivity contribution in [2.24, 2.45) is 11.8 Å². The van der Waals surface area contributed by atoms with Crippen LogP contribution in [0.4, 0.5) is 0 Å². The van der Waals surface area contributed by atoms with Crippen molar-refractivity contribution in [3.63, 3.8) is 0 Å². The number of allylic oxidation sites excluding steroid dienone is 2. The number of ketones is 1. The maximum atomic E-state index is 11.8. The molecule has 1 aromatic rings. The second kappa shape index (κ2) is 6.57. The van der Waals surface area contributed by atoms with Crippen molar-refractivity contribution in [2.75, 3.05) is 0 Å². The van der Waals surface area contributed by atoms with Gasteiger partial charge in [0.15, 0.2) is 5.78 Å². The maximum absolute atomic E-state index is 11.8. The molecule has 1 heteroatoms. The molecule has 1 nitrogen and oxygen atoms in total. The van der Waals surface area contributed by atoms with Crippen LogP contribution in [0.5, 0.6) is 0 Å². The van der Waals surface area contributed by atoms with Gasteiger partial charge in [-0.3, -0.25) is 4.79 Å². The lowest BCUT2D eigenvalue weighted by molar-refractivity contribution is -0.115. The first-order valence-electron chi connectivity index (χ1n) is 7.36. The Morgan fingerprint density at radius 3 is 2.70 bits per heavy atom. The molecule has 1 aromatic carbocycles. The van der Waals surface area contributed by atoms with Gasteiger partial charge in [0.2, 0.25) is 0 Å². The molecule has 0 radical (unpaired) electrons. The van der Waals surface area contributed by atoms with Gasteiger partial charge < -0.3 is 0 Å². The first-order valence-corrected chi connectivity index (χ1v) is 7.36. The second-order valence-corrected chi connectivity index (χ2v) is 5.80. The molecular weight excluding hydrogens is 244 g/mol. The van der Waals surface area contributed by atoms with Crippen LogP contribution in [-0.2, 0) is 4.79 Å². The van der Waals surface area contributed by atoms with Gasteiger partial charge in [-0.1, -0.05) is 36.8 Å². The molecular formula is C19H22O. The van der Waals surface area contributed by atoms with Gasteiger partial charge in [-0.2, -0.15) is 0 Å². The summed E-state index contributed by atoms with van der Waals surface area (Å²) in [7, 11) is 0. The molecule has 2 atom stereocenters. The minimum Gasteiger partial charge on any atom is -0.295 e. The largest absolute Gasteiger partial charge is 0.295 e. The molecule has 1 aliphatic rings. The molecule has 0 saturated carbocycles. The van der Waals surface area contributed by atoms with E-state index in [1.807, 2.05) is 6.08 Å². The number of hydrogen-bond acceptors (Lipinski definition) is 1. The number of aryl methyl sites for hydroxylation is 1. The van der Waals surface area contributed by atoms with Crippen molar-refractivity contribution in [1.82, 2.24) is 0 Å². The van der Waals surface area contributed by atoms with E-state index in [4.69, 9.17) is 6.42 Å². The quantitative estimate of drug-likeness (QED) is 0.738. The van der Waals surface area contributed by atoms with Crippen molar-refractivity contribution in [3.8, 4) is 12.3 Å². The van der Waals surface area contributed by atoms with Gasteiger partial charge in [-0.05, 0) is 48.8 Å². The summed E-state index contributed by atoms with van der Waals surface area (Å²) < 4.78 is 0. The molecule has 0 bridgehead atoms. The number of terminal acetylenes is 1. The smallest absolute Gasteiger partial charge is 0.156 e. The fourth-order valence-corrected chi connectivity index (χ4v) is 2.95. The molecule has 0 heterocycles. The molecule has 0 fully saturated rings. The lowest BCUT2D eigenvalue weighted by Crippen LogP contribution is -2.20. The van der Waals surface area contributed by atoms with E-state index in [2.05, 4.69) is 44.0 Å². The van der Waals surface area contributed by atoms with Crippen LogP contribution in [0.2, 0.25) is 0 Å². The maximum Gasteiger partial charge on any atom is 0.156 e. The molecule has 0 spiro atoms. The summed E-state index contributed by atoms with van der Waals surface area (Å²) in [5.41, 5.74) is 3.63. The summed E-state index contributed by atoms with van der Waals surface area (Å²) in [6.07, 6.45) is 10.7. The zero-order chi connectivity index (χ0) is 14.5. The average molecular weight is 266 g/mol. The third kappa shape index (κ3) is 3.39. The number of carbonyl (C=O) groups excluding carboxylic acids is 1. The van der Waals surface area contributed by atoms with E-state index in [1.165, 1.54) is 16.7 Å². The zero-order valence-corrected chi connectivity index (χ0v) is 12.4. The van der Waals surface area contributed by atoms with Crippen LogP contribution in [0, 0.1) is 31.1 Å². The number of hydrogen-bond donors (Lipinski definition) is 0. The predicted molar refractivity (Wildman–Crippen MR) is 84.1 cm³/mol. The van der Waals surface area contributed by atoms with Crippen molar-refractivity contribution >= 4 is 11.4 Å². The molecule has 104 valence electrons. The summed E-state index contributed by atoms with van der Waals surface area (Å²) in [5, 5.41) is 0. The van der Waals surface area contributed by atoms with Crippen molar-refractivity contribution in [1.29, 1.82) is 0 Å². The highest BCUT2D eigenvalue weighted by molar-refractivity contribution is 5.98. The lowest BCUT2D eigenvalue weighted by atomic mass is 9.75. The Kier molecular flexibility index (Phi) is 4.79. The van der Waals surface area contributed by atoms with Gasteiger partial charge >= 0.3 is 0 Å². The van der Waals surface area contributed by atoms with Gasteiger partial charge in [0.1, 0.15) is 0 Å². The molecule has 0 N–H and O–H groups in total. The Labute approximate surface area is 122 Å². The molecule has 0 saturated heterocycles. The Morgan fingerprint density at radius 2 is 2.05 bits per heavy atom. The number of benzene rings is 1. The average Bonchev–Trinajstić information content (AvgIpc) is 2.45. The van der Waals surface area contributed by atoms with E-state index < -0.39 is 0 Å². The Hall–Kier alpha value is -1.81. The van der Waals surface area contributed by atoms with Crippen LogP contribution >= 0.6 is 0 Å². The highest BCUT2D eigenvalue weighted by atomic mass is 16.1. The van der Waals surface area contributed by atoms with Crippen molar-refractivity contribution < 1.29 is 4.79 Å². The Morgan fingerprint density at radius 1 is 1.35 bits per heavy atom. The van der Waals surface area contributed by atoms with E-state index in [1.54, 1.807) is 0 Å². The van der Waals surface area contributed by atoms with Crippen LogP contribution in [0.25, 0.3) is 5.57 Å². The van der Waals surface area contributed by atoms with Crippen LogP contribution in [0.3, 0.4) is 0 Å². The SMILES string of the molecule is C#CCCC(C)C1CCC(=O)C=C1c1ccc(C)cc1. The van der Waals surface area contributed by atoms with E-state index in [0.29, 0.717) is 18.3 Å². The van der Waals surface area contributed by atoms with Crippen LogP contribution in [-0.4, -0.2) is 5.78 Å². The summed E-state index contributed by atoms with van der Waals surface area (Å²) >= 11 is 0. The van der Waals surface area contributed by atoms with Gasteiger partial charge in [0.25, 0.3) is 0 Å². The first kappa shape index (κ1) is 14.6. The summed E-state index contributed by atoms with van der Waals surface area (Å²) in [6, 6.07) is 8.47. The van der Waals surface area contributed by atoms with E-state index in [9.17, 15) is 4.79 Å². The molecule has 0 amide bonds. The Balaban J connectivity index is 2.27. The van der Waals surface area contributed by atoms with Crippen LogP contribution in [0.15, 0.2) is 30.3 Å².